The molecule has 0 aliphatic heterocycles. The Morgan fingerprint density at radius 2 is 2.06 bits per heavy atom. The highest BCUT2D eigenvalue weighted by Crippen LogP contribution is 2.54. The second-order valence-electron chi connectivity index (χ2n) is 4.78. The van der Waals surface area contributed by atoms with Gasteiger partial charge in [0.25, 0.3) is 5.92 Å². The lowest BCUT2D eigenvalue weighted by Crippen LogP contribution is -2.49. The Bertz CT molecular complexity index is 632. The van der Waals surface area contributed by atoms with Crippen LogP contribution in [0.4, 0.5) is 8.78 Å². The number of hydrogen-bond donors (Lipinski definition) is 1. The molecule has 0 amide bonds. The minimum Gasteiger partial charge on any atom is -0.384 e. The first-order chi connectivity index (χ1) is 8.31. The Kier molecular flexibility index (Phi) is 2.47. The predicted octanol–water partition coefficient (Wildman–Crippen LogP) is 3.87. The normalized spacial score (nSPS) is 20.9. The molecule has 3 rings (SSSR count). The molecule has 2 heterocycles. The standard InChI is InChI=1S/C12H10ClF2NOS/c1-6-7-2-3-8(13)16-10(7)18-9(6)11(17)4-12(14,15)5-11/h2-3,17H,4-5H2,1H3. The van der Waals surface area contributed by atoms with Crippen LogP contribution in [-0.2, 0) is 5.60 Å². The summed E-state index contributed by atoms with van der Waals surface area (Å²) in [5.41, 5.74) is -0.594. The summed E-state index contributed by atoms with van der Waals surface area (Å²) in [5, 5.41) is 11.5. The van der Waals surface area contributed by atoms with Crippen molar-refractivity contribution >= 4 is 33.2 Å². The van der Waals surface area contributed by atoms with Crippen LogP contribution >= 0.6 is 22.9 Å². The summed E-state index contributed by atoms with van der Waals surface area (Å²) in [6.07, 6.45) is -1.03. The summed E-state index contributed by atoms with van der Waals surface area (Å²) < 4.78 is 26.0. The summed E-state index contributed by atoms with van der Waals surface area (Å²) in [4.78, 5) is 5.41. The molecule has 1 fully saturated rings. The van der Waals surface area contributed by atoms with Gasteiger partial charge in [-0.05, 0) is 24.6 Å². The minimum atomic E-state index is -2.76. The third-order valence-corrected chi connectivity index (χ3v) is 4.90. The van der Waals surface area contributed by atoms with Crippen LogP contribution in [0.25, 0.3) is 10.2 Å². The number of halogens is 3. The fourth-order valence-corrected chi connectivity index (χ4v) is 3.95. The first kappa shape index (κ1) is 12.3. The molecular weight excluding hydrogens is 280 g/mol. The zero-order valence-electron chi connectivity index (χ0n) is 9.51. The Hall–Kier alpha value is -0.780. The third kappa shape index (κ3) is 1.73. The van der Waals surface area contributed by atoms with Crippen LogP contribution in [0.5, 0.6) is 0 Å². The van der Waals surface area contributed by atoms with Crippen molar-refractivity contribution in [1.29, 1.82) is 0 Å². The van der Waals surface area contributed by atoms with E-state index in [1.54, 1.807) is 12.1 Å². The third-order valence-electron chi connectivity index (χ3n) is 3.29. The van der Waals surface area contributed by atoms with Crippen molar-refractivity contribution in [3.8, 4) is 0 Å². The van der Waals surface area contributed by atoms with Gasteiger partial charge in [0, 0.05) is 23.1 Å². The van der Waals surface area contributed by atoms with E-state index >= 15 is 0 Å². The first-order valence-corrected chi connectivity index (χ1v) is 6.67. The Morgan fingerprint density at radius 1 is 1.39 bits per heavy atom. The van der Waals surface area contributed by atoms with Crippen molar-refractivity contribution in [2.45, 2.75) is 31.3 Å². The van der Waals surface area contributed by atoms with Gasteiger partial charge in [-0.1, -0.05) is 11.6 Å². The minimum absolute atomic E-state index is 0.362. The van der Waals surface area contributed by atoms with E-state index in [2.05, 4.69) is 4.98 Å². The van der Waals surface area contributed by atoms with Gasteiger partial charge < -0.3 is 5.11 Å². The molecular formula is C12H10ClF2NOS. The number of pyridine rings is 1. The summed E-state index contributed by atoms with van der Waals surface area (Å²) in [6, 6.07) is 3.47. The van der Waals surface area contributed by atoms with E-state index in [0.717, 1.165) is 10.9 Å². The molecule has 2 aromatic rings. The van der Waals surface area contributed by atoms with Crippen molar-refractivity contribution in [3.05, 3.63) is 27.7 Å². The second kappa shape index (κ2) is 3.62. The topological polar surface area (TPSA) is 33.1 Å². The number of aliphatic hydroxyl groups is 1. The summed E-state index contributed by atoms with van der Waals surface area (Å²) in [5.74, 6) is -2.76. The number of aryl methyl sites for hydroxylation is 1. The Labute approximate surface area is 111 Å². The molecule has 0 aromatic carbocycles. The predicted molar refractivity (Wildman–Crippen MR) is 67.4 cm³/mol. The molecule has 2 aromatic heterocycles. The highest BCUT2D eigenvalue weighted by molar-refractivity contribution is 7.19. The zero-order valence-corrected chi connectivity index (χ0v) is 11.1. The summed E-state index contributed by atoms with van der Waals surface area (Å²) in [7, 11) is 0. The lowest BCUT2D eigenvalue weighted by molar-refractivity contribution is -0.208. The van der Waals surface area contributed by atoms with Crippen molar-refractivity contribution in [2.24, 2.45) is 0 Å². The molecule has 2 nitrogen and oxygen atoms in total. The van der Waals surface area contributed by atoms with E-state index in [0.29, 0.717) is 14.9 Å². The van der Waals surface area contributed by atoms with E-state index in [9.17, 15) is 13.9 Å². The molecule has 0 atom stereocenters. The first-order valence-electron chi connectivity index (χ1n) is 5.47. The SMILES string of the molecule is Cc1c(C2(O)CC(F)(F)C2)sc2nc(Cl)ccc12. The summed E-state index contributed by atoms with van der Waals surface area (Å²) in [6.45, 7) is 1.82. The number of fused-ring (bicyclic) bond motifs is 1. The Balaban J connectivity index is 2.11. The van der Waals surface area contributed by atoms with Crippen molar-refractivity contribution in [3.63, 3.8) is 0 Å². The fraction of sp³-hybridized carbons (Fsp3) is 0.417. The van der Waals surface area contributed by atoms with Crippen LogP contribution in [0, 0.1) is 6.92 Å². The number of alkyl halides is 2. The van der Waals surface area contributed by atoms with E-state index in [1.165, 1.54) is 11.3 Å². The van der Waals surface area contributed by atoms with Crippen molar-refractivity contribution < 1.29 is 13.9 Å². The summed E-state index contributed by atoms with van der Waals surface area (Å²) >= 11 is 7.04. The molecule has 0 bridgehead atoms. The average Bonchev–Trinajstić information content (AvgIpc) is 2.53. The lowest BCUT2D eigenvalue weighted by atomic mass is 9.74. The zero-order chi connectivity index (χ0) is 13.1. The highest BCUT2D eigenvalue weighted by atomic mass is 35.5. The van der Waals surface area contributed by atoms with E-state index < -0.39 is 24.4 Å². The molecule has 18 heavy (non-hydrogen) atoms. The molecule has 0 spiro atoms. The molecule has 0 saturated heterocycles. The van der Waals surface area contributed by atoms with Crippen LogP contribution in [0.1, 0.15) is 23.3 Å². The average molecular weight is 290 g/mol. The Morgan fingerprint density at radius 3 is 2.67 bits per heavy atom. The maximum atomic E-state index is 13.0. The van der Waals surface area contributed by atoms with Gasteiger partial charge in [-0.3, -0.25) is 0 Å². The largest absolute Gasteiger partial charge is 0.384 e. The molecule has 0 radical (unpaired) electrons. The van der Waals surface area contributed by atoms with E-state index in [1.807, 2.05) is 6.92 Å². The second-order valence-corrected chi connectivity index (χ2v) is 6.17. The molecule has 1 N–H and O–H groups in total. The van der Waals surface area contributed by atoms with Gasteiger partial charge in [0.05, 0.1) is 0 Å². The molecule has 1 saturated carbocycles. The van der Waals surface area contributed by atoms with Gasteiger partial charge in [-0.15, -0.1) is 11.3 Å². The van der Waals surface area contributed by atoms with Gasteiger partial charge in [0.15, 0.2) is 0 Å². The maximum absolute atomic E-state index is 13.0. The fourth-order valence-electron chi connectivity index (χ4n) is 2.49. The number of hydrogen-bond acceptors (Lipinski definition) is 3. The number of rotatable bonds is 1. The lowest BCUT2D eigenvalue weighted by Gasteiger charge is -2.43. The van der Waals surface area contributed by atoms with Crippen LogP contribution in [0.3, 0.4) is 0 Å². The smallest absolute Gasteiger partial charge is 0.254 e. The molecule has 6 heteroatoms. The quantitative estimate of drug-likeness (QED) is 0.808. The molecule has 1 aliphatic carbocycles. The maximum Gasteiger partial charge on any atom is 0.254 e. The number of nitrogens with zero attached hydrogens (tertiary/aromatic N) is 1. The van der Waals surface area contributed by atoms with Crippen molar-refractivity contribution in [2.75, 3.05) is 0 Å². The highest BCUT2D eigenvalue weighted by Gasteiger charge is 2.57. The van der Waals surface area contributed by atoms with Gasteiger partial charge in [-0.25, -0.2) is 13.8 Å². The van der Waals surface area contributed by atoms with Crippen LogP contribution in [0.2, 0.25) is 5.15 Å². The van der Waals surface area contributed by atoms with Crippen molar-refractivity contribution in [1.82, 2.24) is 4.98 Å². The van der Waals surface area contributed by atoms with E-state index in [4.69, 9.17) is 11.6 Å². The van der Waals surface area contributed by atoms with Crippen LogP contribution in [-0.4, -0.2) is 16.0 Å². The van der Waals surface area contributed by atoms with Crippen LogP contribution in [0.15, 0.2) is 12.1 Å². The number of thiophene rings is 1. The van der Waals surface area contributed by atoms with Gasteiger partial charge in [0.1, 0.15) is 15.6 Å². The monoisotopic (exact) mass is 289 g/mol. The van der Waals surface area contributed by atoms with Gasteiger partial charge in [0.2, 0.25) is 0 Å². The molecule has 96 valence electrons. The molecule has 1 aliphatic rings. The van der Waals surface area contributed by atoms with E-state index in [-0.39, 0.29) is 0 Å². The number of aromatic nitrogens is 1. The van der Waals surface area contributed by atoms with Gasteiger partial charge in [-0.2, -0.15) is 0 Å². The van der Waals surface area contributed by atoms with Crippen LogP contribution < -0.4 is 0 Å². The van der Waals surface area contributed by atoms with Gasteiger partial charge >= 0.3 is 0 Å². The molecule has 0 unspecified atom stereocenters.